The first-order valence-electron chi connectivity index (χ1n) is 6.18. The lowest BCUT2D eigenvalue weighted by Crippen LogP contribution is -2.41. The fraction of sp³-hybridized carbons (Fsp3) is 0.400. The van der Waals surface area contributed by atoms with E-state index < -0.39 is 0 Å². The number of hydrogen-bond donors (Lipinski definition) is 0. The van der Waals surface area contributed by atoms with E-state index in [1.54, 1.807) is 12.2 Å². The summed E-state index contributed by atoms with van der Waals surface area (Å²) in [5.74, 6) is 0.0138. The minimum Gasteiger partial charge on any atom is -0.334 e. The number of benzene rings is 1. The molecule has 1 aromatic carbocycles. The maximum absolute atomic E-state index is 12.1. The lowest BCUT2D eigenvalue weighted by molar-refractivity contribution is -0.129. The van der Waals surface area contributed by atoms with Gasteiger partial charge in [0.25, 0.3) is 0 Å². The second-order valence-electron chi connectivity index (χ2n) is 4.79. The fourth-order valence-corrected chi connectivity index (χ4v) is 2.16. The van der Waals surface area contributed by atoms with E-state index in [0.717, 1.165) is 5.56 Å². The Balaban J connectivity index is 2.84. The van der Waals surface area contributed by atoms with Gasteiger partial charge in [0.1, 0.15) is 0 Å². The van der Waals surface area contributed by atoms with Crippen LogP contribution in [-0.2, 0) is 4.79 Å². The van der Waals surface area contributed by atoms with E-state index in [9.17, 15) is 4.79 Å². The van der Waals surface area contributed by atoms with Crippen molar-refractivity contribution in [2.75, 3.05) is 0 Å². The van der Waals surface area contributed by atoms with E-state index in [-0.39, 0.29) is 18.0 Å². The van der Waals surface area contributed by atoms with Gasteiger partial charge in [-0.2, -0.15) is 0 Å². The van der Waals surface area contributed by atoms with Crippen LogP contribution in [-0.4, -0.2) is 22.9 Å². The van der Waals surface area contributed by atoms with Crippen LogP contribution in [0.5, 0.6) is 0 Å². The lowest BCUT2D eigenvalue weighted by atomic mass is 10.2. The molecule has 0 atom stereocenters. The Morgan fingerprint density at radius 2 is 1.72 bits per heavy atom. The van der Waals surface area contributed by atoms with E-state index in [4.69, 9.17) is 11.6 Å². The molecule has 0 heterocycles. The summed E-state index contributed by atoms with van der Waals surface area (Å²) in [6.07, 6.45) is 3.35. The third-order valence-corrected chi connectivity index (χ3v) is 3.02. The number of amides is 1. The van der Waals surface area contributed by atoms with E-state index in [1.165, 1.54) is 0 Å². The predicted octanol–water partition coefficient (Wildman–Crippen LogP) is 4.00. The monoisotopic (exact) mass is 265 g/mol. The molecule has 1 aromatic rings. The summed E-state index contributed by atoms with van der Waals surface area (Å²) in [5, 5.41) is 0.655. The molecule has 0 aromatic heterocycles. The number of carbonyl (C=O) groups excluding carboxylic acids is 1. The van der Waals surface area contributed by atoms with Crippen molar-refractivity contribution in [3.05, 3.63) is 40.9 Å². The van der Waals surface area contributed by atoms with E-state index in [1.807, 2.05) is 56.9 Å². The number of nitrogens with zero attached hydrogens (tertiary/aromatic N) is 1. The summed E-state index contributed by atoms with van der Waals surface area (Å²) in [5.41, 5.74) is 0.861. The van der Waals surface area contributed by atoms with Gasteiger partial charge >= 0.3 is 0 Å². The van der Waals surface area contributed by atoms with Crippen molar-refractivity contribution in [1.29, 1.82) is 0 Å². The molecule has 18 heavy (non-hydrogen) atoms. The van der Waals surface area contributed by atoms with Crippen LogP contribution in [0, 0.1) is 0 Å². The van der Waals surface area contributed by atoms with Crippen LogP contribution in [0.15, 0.2) is 30.3 Å². The van der Waals surface area contributed by atoms with Gasteiger partial charge in [-0.25, -0.2) is 0 Å². The zero-order chi connectivity index (χ0) is 13.7. The second-order valence-corrected chi connectivity index (χ2v) is 5.20. The Kier molecular flexibility index (Phi) is 5.42. The number of halogens is 1. The highest BCUT2D eigenvalue weighted by atomic mass is 35.5. The first-order chi connectivity index (χ1) is 8.43. The molecule has 98 valence electrons. The summed E-state index contributed by atoms with van der Waals surface area (Å²) in [7, 11) is 0. The van der Waals surface area contributed by atoms with Gasteiger partial charge in [0.05, 0.1) is 0 Å². The molecule has 3 heteroatoms. The molecule has 0 fully saturated rings. The van der Waals surface area contributed by atoms with Crippen molar-refractivity contribution in [2.24, 2.45) is 0 Å². The highest BCUT2D eigenvalue weighted by Gasteiger charge is 2.17. The standard InChI is InChI=1S/C15H20ClNO/c1-11(2)17(12(3)4)15(18)10-9-13-7-5-6-8-14(13)16/h5-12H,1-4H3/b10-9-. The Hall–Kier alpha value is -1.28. The molecule has 0 radical (unpaired) electrons. The highest BCUT2D eigenvalue weighted by Crippen LogP contribution is 2.16. The zero-order valence-electron chi connectivity index (χ0n) is 11.4. The largest absolute Gasteiger partial charge is 0.334 e. The van der Waals surface area contributed by atoms with Gasteiger partial charge in [0, 0.05) is 23.2 Å². The Morgan fingerprint density at radius 1 is 1.17 bits per heavy atom. The van der Waals surface area contributed by atoms with Crippen molar-refractivity contribution in [1.82, 2.24) is 4.90 Å². The third-order valence-electron chi connectivity index (χ3n) is 2.68. The van der Waals surface area contributed by atoms with E-state index in [2.05, 4.69) is 0 Å². The summed E-state index contributed by atoms with van der Waals surface area (Å²) >= 11 is 6.04. The average Bonchev–Trinajstić information content (AvgIpc) is 2.27. The summed E-state index contributed by atoms with van der Waals surface area (Å²) in [6, 6.07) is 7.85. The van der Waals surface area contributed by atoms with Gasteiger partial charge in [-0.1, -0.05) is 29.8 Å². The van der Waals surface area contributed by atoms with Crippen LogP contribution in [0.25, 0.3) is 6.08 Å². The molecule has 0 bridgehead atoms. The molecule has 1 rings (SSSR count). The van der Waals surface area contributed by atoms with Crippen LogP contribution < -0.4 is 0 Å². The van der Waals surface area contributed by atoms with Crippen LogP contribution in [0.1, 0.15) is 33.3 Å². The van der Waals surface area contributed by atoms with Crippen LogP contribution in [0.4, 0.5) is 0 Å². The van der Waals surface area contributed by atoms with Gasteiger partial charge in [-0.3, -0.25) is 4.79 Å². The zero-order valence-corrected chi connectivity index (χ0v) is 12.1. The Morgan fingerprint density at radius 3 is 2.22 bits per heavy atom. The molecular weight excluding hydrogens is 246 g/mol. The molecule has 1 amide bonds. The fourth-order valence-electron chi connectivity index (χ4n) is 1.96. The first kappa shape index (κ1) is 14.8. The summed E-state index contributed by atoms with van der Waals surface area (Å²) in [4.78, 5) is 13.9. The molecule has 0 saturated carbocycles. The van der Waals surface area contributed by atoms with Crippen LogP contribution >= 0.6 is 11.6 Å². The molecule has 0 aliphatic carbocycles. The van der Waals surface area contributed by atoms with Crippen molar-refractivity contribution in [3.63, 3.8) is 0 Å². The Labute approximate surface area is 114 Å². The summed E-state index contributed by atoms with van der Waals surface area (Å²) in [6.45, 7) is 8.06. The SMILES string of the molecule is CC(C)N(C(=O)/C=C\c1ccccc1Cl)C(C)C. The van der Waals surface area contributed by atoms with Crippen LogP contribution in [0.3, 0.4) is 0 Å². The van der Waals surface area contributed by atoms with Gasteiger partial charge in [0.2, 0.25) is 5.91 Å². The highest BCUT2D eigenvalue weighted by molar-refractivity contribution is 6.32. The normalized spacial score (nSPS) is 11.5. The predicted molar refractivity (Wildman–Crippen MR) is 77.6 cm³/mol. The van der Waals surface area contributed by atoms with E-state index >= 15 is 0 Å². The van der Waals surface area contributed by atoms with Crippen molar-refractivity contribution in [2.45, 2.75) is 39.8 Å². The maximum atomic E-state index is 12.1. The number of hydrogen-bond acceptors (Lipinski definition) is 1. The molecule has 0 aliphatic heterocycles. The quantitative estimate of drug-likeness (QED) is 0.754. The van der Waals surface area contributed by atoms with Crippen molar-refractivity contribution in [3.8, 4) is 0 Å². The van der Waals surface area contributed by atoms with Gasteiger partial charge in [0.15, 0.2) is 0 Å². The second kappa shape index (κ2) is 6.60. The summed E-state index contributed by atoms with van der Waals surface area (Å²) < 4.78 is 0. The van der Waals surface area contributed by atoms with E-state index in [0.29, 0.717) is 5.02 Å². The molecular formula is C15H20ClNO. The minimum atomic E-state index is 0.0138. The minimum absolute atomic E-state index is 0.0138. The van der Waals surface area contributed by atoms with Crippen molar-refractivity contribution >= 4 is 23.6 Å². The van der Waals surface area contributed by atoms with Gasteiger partial charge < -0.3 is 4.90 Å². The van der Waals surface area contributed by atoms with Crippen molar-refractivity contribution < 1.29 is 4.79 Å². The molecule has 0 aliphatic rings. The molecule has 0 saturated heterocycles. The van der Waals surface area contributed by atoms with Gasteiger partial charge in [-0.05, 0) is 45.4 Å². The molecule has 0 spiro atoms. The third kappa shape index (κ3) is 3.88. The first-order valence-corrected chi connectivity index (χ1v) is 6.56. The Bertz CT molecular complexity index is 430. The molecule has 0 unspecified atom stereocenters. The smallest absolute Gasteiger partial charge is 0.247 e. The lowest BCUT2D eigenvalue weighted by Gasteiger charge is -2.29. The van der Waals surface area contributed by atoms with Gasteiger partial charge in [-0.15, -0.1) is 0 Å². The number of rotatable bonds is 4. The average molecular weight is 266 g/mol. The topological polar surface area (TPSA) is 20.3 Å². The van der Waals surface area contributed by atoms with Crippen LogP contribution in [0.2, 0.25) is 5.02 Å². The molecule has 0 N–H and O–H groups in total. The maximum Gasteiger partial charge on any atom is 0.247 e. The number of carbonyl (C=O) groups is 1. The molecule has 2 nitrogen and oxygen atoms in total.